The Hall–Kier alpha value is -6.12. The molecule has 0 amide bonds. The van der Waals surface area contributed by atoms with E-state index >= 15 is 0 Å². The van der Waals surface area contributed by atoms with E-state index in [4.69, 9.17) is 0 Å². The normalized spacial score (nSPS) is 15.8. The van der Waals surface area contributed by atoms with Crippen molar-refractivity contribution in [2.75, 3.05) is 0 Å². The molecule has 0 spiro atoms. The lowest BCUT2D eigenvalue weighted by atomic mass is 10.1. The summed E-state index contributed by atoms with van der Waals surface area (Å²) in [7, 11) is 0. The second-order valence-corrected chi connectivity index (χ2v) is 9.72. The minimum absolute atomic E-state index is 0.356. The van der Waals surface area contributed by atoms with Gasteiger partial charge in [0.15, 0.2) is 17.5 Å². The van der Waals surface area contributed by atoms with Crippen molar-refractivity contribution in [3.05, 3.63) is 86.6 Å². The molecule has 1 saturated carbocycles. The fourth-order valence-electron chi connectivity index (χ4n) is 4.12. The lowest BCUT2D eigenvalue weighted by Crippen LogP contribution is -2.17. The molecule has 3 aromatic heterocycles. The van der Waals surface area contributed by atoms with Gasteiger partial charge in [-0.3, -0.25) is 0 Å². The predicted octanol–water partition coefficient (Wildman–Crippen LogP) is 7.70. The second-order valence-electron chi connectivity index (χ2n) is 9.72. The van der Waals surface area contributed by atoms with Crippen LogP contribution in [0.3, 0.4) is 0 Å². The Balaban J connectivity index is 2.26. The quantitative estimate of drug-likeness (QED) is 0.194. The number of hydrogen-bond donors (Lipinski definition) is 0. The average molecular weight is 741 g/mol. The van der Waals surface area contributed by atoms with Gasteiger partial charge in [0.25, 0.3) is 0 Å². The molecule has 0 aromatic carbocycles. The van der Waals surface area contributed by atoms with Gasteiger partial charge in [-0.15, -0.1) is 0 Å². The van der Waals surface area contributed by atoms with Crippen molar-refractivity contribution in [1.29, 1.82) is 15.8 Å². The van der Waals surface area contributed by atoms with E-state index in [-0.39, 0.29) is 0 Å². The summed E-state index contributed by atoms with van der Waals surface area (Å²) in [5, 5.41) is 29.7. The van der Waals surface area contributed by atoms with Crippen molar-refractivity contribution in [1.82, 2.24) is 29.9 Å². The standard InChI is InChI=1S/C27H6F15N9/c1-8-2-12(23(28,29)30)47-20(46-8)9(5-43)17-18(10(6-44)21-48-13(24(31,32)33)3-14(49-21)25(34,35)36)19(17)11(7-45)22-50-15(26(37,38)39)4-16(51-22)27(40,41)42/h2-4H,1H3. The Morgan fingerprint density at radius 2 is 0.627 bits per heavy atom. The summed E-state index contributed by atoms with van der Waals surface area (Å²) in [6, 6.07) is 2.61. The van der Waals surface area contributed by atoms with Crippen molar-refractivity contribution in [2.24, 2.45) is 0 Å². The zero-order valence-electron chi connectivity index (χ0n) is 23.9. The largest absolute Gasteiger partial charge is 0.433 e. The maximum atomic E-state index is 13.6. The van der Waals surface area contributed by atoms with Crippen molar-refractivity contribution in [3.8, 4) is 18.2 Å². The van der Waals surface area contributed by atoms with Crippen LogP contribution in [0.1, 0.15) is 51.6 Å². The smallest absolute Gasteiger partial charge is 0.233 e. The van der Waals surface area contributed by atoms with Crippen LogP contribution in [0.5, 0.6) is 0 Å². The first-order valence-corrected chi connectivity index (χ1v) is 12.7. The number of nitriles is 3. The molecule has 0 atom stereocenters. The number of halogens is 15. The zero-order chi connectivity index (χ0) is 38.6. The molecule has 51 heavy (non-hydrogen) atoms. The maximum absolute atomic E-state index is 13.6. The lowest BCUT2D eigenvalue weighted by molar-refractivity contribution is -0.149. The predicted molar refractivity (Wildman–Crippen MR) is 133 cm³/mol. The van der Waals surface area contributed by atoms with Crippen LogP contribution in [-0.2, 0) is 30.9 Å². The first kappa shape index (κ1) is 37.7. The molecule has 0 aliphatic heterocycles. The van der Waals surface area contributed by atoms with E-state index in [0.29, 0.717) is 6.07 Å². The number of hydrogen-bond acceptors (Lipinski definition) is 9. The van der Waals surface area contributed by atoms with E-state index in [1.54, 1.807) is 0 Å². The third-order valence-corrected chi connectivity index (χ3v) is 6.20. The SMILES string of the molecule is Cc1cc(C(F)(F)F)nc(C(C#N)=C2C(=C(C#N)c3nc(C(F)(F)F)cc(C(F)(F)F)n3)C2=C(C#N)c2nc(C(F)(F)F)cc(C(F)(F)F)n2)n1. The Labute approximate surface area is 271 Å². The van der Waals surface area contributed by atoms with Gasteiger partial charge >= 0.3 is 30.9 Å². The number of alkyl halides is 15. The van der Waals surface area contributed by atoms with Crippen LogP contribution in [0.25, 0.3) is 16.7 Å². The molecule has 9 nitrogen and oxygen atoms in total. The molecule has 0 radical (unpaired) electrons. The van der Waals surface area contributed by atoms with Gasteiger partial charge in [0.2, 0.25) is 0 Å². The van der Waals surface area contributed by atoms with Crippen LogP contribution >= 0.6 is 0 Å². The van der Waals surface area contributed by atoms with Gasteiger partial charge in [0, 0.05) is 22.4 Å². The van der Waals surface area contributed by atoms with Crippen LogP contribution < -0.4 is 0 Å². The minimum atomic E-state index is -5.66. The summed E-state index contributed by atoms with van der Waals surface area (Å²) in [4.78, 5) is 18.1. The highest BCUT2D eigenvalue weighted by Gasteiger charge is 2.47. The Morgan fingerprint density at radius 1 is 0.412 bits per heavy atom. The number of allylic oxidation sites excluding steroid dienone is 6. The lowest BCUT2D eigenvalue weighted by Gasteiger charge is -2.12. The van der Waals surface area contributed by atoms with Gasteiger partial charge in [0.1, 0.15) is 63.4 Å². The molecule has 1 aliphatic rings. The summed E-state index contributed by atoms with van der Waals surface area (Å²) in [5.74, 6) is -4.72. The average Bonchev–Trinajstić information content (AvgIpc) is 3.69. The molecule has 24 heteroatoms. The highest BCUT2D eigenvalue weighted by molar-refractivity contribution is 6.10. The van der Waals surface area contributed by atoms with Gasteiger partial charge in [-0.2, -0.15) is 81.6 Å². The van der Waals surface area contributed by atoms with Crippen molar-refractivity contribution >= 4 is 16.7 Å². The van der Waals surface area contributed by atoms with E-state index in [0.717, 1.165) is 19.1 Å². The van der Waals surface area contributed by atoms with Crippen LogP contribution in [-0.4, -0.2) is 29.9 Å². The molecule has 0 saturated heterocycles. The summed E-state index contributed by atoms with van der Waals surface area (Å²) >= 11 is 0. The minimum Gasteiger partial charge on any atom is -0.233 e. The number of rotatable bonds is 3. The molecule has 1 aliphatic carbocycles. The highest BCUT2D eigenvalue weighted by atomic mass is 19.4. The molecular weight excluding hydrogens is 735 g/mol. The topological polar surface area (TPSA) is 149 Å². The fraction of sp³-hybridized carbons (Fsp3) is 0.222. The molecule has 264 valence electrons. The Morgan fingerprint density at radius 3 is 0.843 bits per heavy atom. The Kier molecular flexibility index (Phi) is 9.12. The van der Waals surface area contributed by atoms with E-state index in [2.05, 4.69) is 29.9 Å². The Bertz CT molecular complexity index is 2000. The molecular formula is C27H6F15N9. The number of aryl methyl sites for hydroxylation is 1. The maximum Gasteiger partial charge on any atom is 0.433 e. The molecule has 0 unspecified atom stereocenters. The van der Waals surface area contributed by atoms with Crippen molar-refractivity contribution in [3.63, 3.8) is 0 Å². The number of nitrogens with zero attached hydrogens (tertiary/aromatic N) is 9. The van der Waals surface area contributed by atoms with E-state index in [9.17, 15) is 81.6 Å². The van der Waals surface area contributed by atoms with E-state index < -0.39 is 128 Å². The highest BCUT2D eigenvalue weighted by Crippen LogP contribution is 2.55. The molecule has 0 bridgehead atoms. The third kappa shape index (κ3) is 7.71. The van der Waals surface area contributed by atoms with Gasteiger partial charge in [-0.05, 0) is 25.1 Å². The van der Waals surface area contributed by atoms with Gasteiger partial charge < -0.3 is 0 Å². The summed E-state index contributed by atoms with van der Waals surface area (Å²) in [6.07, 6.45) is -27.9. The second kappa shape index (κ2) is 12.3. The summed E-state index contributed by atoms with van der Waals surface area (Å²) in [6.45, 7) is 0.937. The molecule has 1 fully saturated rings. The third-order valence-electron chi connectivity index (χ3n) is 6.20. The first-order valence-electron chi connectivity index (χ1n) is 12.7. The number of aromatic nitrogens is 6. The van der Waals surface area contributed by atoms with Crippen LogP contribution in [0.4, 0.5) is 65.9 Å². The van der Waals surface area contributed by atoms with Crippen molar-refractivity contribution < 1.29 is 65.9 Å². The van der Waals surface area contributed by atoms with Crippen LogP contribution in [0.2, 0.25) is 0 Å². The van der Waals surface area contributed by atoms with Crippen LogP contribution in [0.15, 0.2) is 34.9 Å². The fourth-order valence-corrected chi connectivity index (χ4v) is 4.12. The van der Waals surface area contributed by atoms with Gasteiger partial charge in [-0.25, -0.2) is 29.9 Å². The van der Waals surface area contributed by atoms with Gasteiger partial charge in [0.05, 0.1) is 0 Å². The van der Waals surface area contributed by atoms with E-state index in [1.165, 1.54) is 6.07 Å². The monoisotopic (exact) mass is 741 g/mol. The first-order chi connectivity index (χ1) is 23.2. The van der Waals surface area contributed by atoms with Gasteiger partial charge in [-0.1, -0.05) is 0 Å². The molecule has 4 rings (SSSR count). The summed E-state index contributed by atoms with van der Waals surface area (Å²) < 4.78 is 203. The summed E-state index contributed by atoms with van der Waals surface area (Å²) in [5.41, 5.74) is -19.2. The van der Waals surface area contributed by atoms with E-state index in [1.807, 2.05) is 0 Å². The molecule has 0 N–H and O–H groups in total. The molecule has 3 aromatic rings. The molecule has 3 heterocycles. The van der Waals surface area contributed by atoms with Crippen molar-refractivity contribution in [2.45, 2.75) is 37.8 Å². The van der Waals surface area contributed by atoms with Crippen LogP contribution in [0, 0.1) is 40.9 Å². The zero-order valence-corrected chi connectivity index (χ0v) is 23.9.